The van der Waals surface area contributed by atoms with Crippen molar-refractivity contribution in [3.05, 3.63) is 23.3 Å². The lowest BCUT2D eigenvalue weighted by molar-refractivity contribution is -0.117. The van der Waals surface area contributed by atoms with Crippen molar-refractivity contribution < 1.29 is 18.3 Å². The van der Waals surface area contributed by atoms with Crippen LogP contribution in [0.15, 0.2) is 12.1 Å². The maximum atomic E-state index is 11.8. The van der Waals surface area contributed by atoms with Crippen molar-refractivity contribution in [1.29, 1.82) is 0 Å². The Balaban J connectivity index is 2.49. The lowest BCUT2D eigenvalue weighted by atomic mass is 10.1. The normalized spacial score (nSPS) is 10.8. The minimum atomic E-state index is -2.51. The molecule has 0 saturated heterocycles. The first-order valence-corrected chi connectivity index (χ1v) is 5.92. The van der Waals surface area contributed by atoms with Crippen LogP contribution in [0.4, 0.5) is 20.2 Å². The summed E-state index contributed by atoms with van der Waals surface area (Å²) < 4.78 is 28.3. The highest BCUT2D eigenvalue weighted by molar-refractivity contribution is 5.92. The van der Waals surface area contributed by atoms with Crippen LogP contribution in [-0.2, 0) is 9.53 Å². The van der Waals surface area contributed by atoms with Gasteiger partial charge in [0.15, 0.2) is 0 Å². The van der Waals surface area contributed by atoms with Crippen molar-refractivity contribution in [3.63, 3.8) is 0 Å². The number of carbonyl (C=O) groups excluding carboxylic acids is 1. The number of nitrogens with two attached hydrogens (primary N) is 1. The number of hydrogen-bond donors (Lipinski definition) is 2. The number of rotatable bonds is 6. The SMILES string of the molecule is Cc1cc(N)cc(C)c1NC(=O)CCOCC(F)F. The van der Waals surface area contributed by atoms with Crippen molar-refractivity contribution >= 4 is 17.3 Å². The van der Waals surface area contributed by atoms with Crippen LogP contribution >= 0.6 is 0 Å². The molecule has 0 radical (unpaired) electrons. The molecule has 6 heteroatoms. The fraction of sp³-hybridized carbons (Fsp3) is 0.462. The van der Waals surface area contributed by atoms with Gasteiger partial charge in [0.05, 0.1) is 13.0 Å². The van der Waals surface area contributed by atoms with Crippen molar-refractivity contribution in [3.8, 4) is 0 Å². The lowest BCUT2D eigenvalue weighted by Crippen LogP contribution is -2.17. The van der Waals surface area contributed by atoms with Crippen molar-refractivity contribution in [2.24, 2.45) is 0 Å². The van der Waals surface area contributed by atoms with Crippen molar-refractivity contribution in [2.45, 2.75) is 26.7 Å². The number of ether oxygens (including phenoxy) is 1. The Morgan fingerprint density at radius 3 is 2.47 bits per heavy atom. The lowest BCUT2D eigenvalue weighted by Gasteiger charge is -2.12. The number of amides is 1. The van der Waals surface area contributed by atoms with Gasteiger partial charge in [-0.1, -0.05) is 0 Å². The van der Waals surface area contributed by atoms with Gasteiger partial charge in [-0.25, -0.2) is 8.78 Å². The summed E-state index contributed by atoms with van der Waals surface area (Å²) in [6.45, 7) is 3.01. The summed E-state index contributed by atoms with van der Waals surface area (Å²) in [4.78, 5) is 11.6. The quantitative estimate of drug-likeness (QED) is 0.617. The van der Waals surface area contributed by atoms with Crippen LogP contribution in [0.3, 0.4) is 0 Å². The maximum Gasteiger partial charge on any atom is 0.261 e. The zero-order valence-corrected chi connectivity index (χ0v) is 11.0. The number of hydrogen-bond acceptors (Lipinski definition) is 3. The van der Waals surface area contributed by atoms with E-state index >= 15 is 0 Å². The number of nitrogens with one attached hydrogen (secondary N) is 1. The second kappa shape index (κ2) is 7.04. The molecule has 106 valence electrons. The highest BCUT2D eigenvalue weighted by atomic mass is 19.3. The molecule has 1 aromatic rings. The van der Waals surface area contributed by atoms with E-state index < -0.39 is 13.0 Å². The molecule has 0 bridgehead atoms. The predicted octanol–water partition coefficient (Wildman–Crippen LogP) is 2.50. The molecular formula is C13H18F2N2O2. The smallest absolute Gasteiger partial charge is 0.261 e. The van der Waals surface area contributed by atoms with Crippen LogP contribution in [0.5, 0.6) is 0 Å². The average molecular weight is 272 g/mol. The van der Waals surface area contributed by atoms with Crippen LogP contribution in [0, 0.1) is 13.8 Å². The largest absolute Gasteiger partial charge is 0.399 e. The Bertz CT molecular complexity index is 427. The van der Waals surface area contributed by atoms with E-state index in [1.807, 2.05) is 13.8 Å². The third kappa shape index (κ3) is 5.21. The molecule has 0 saturated carbocycles. The molecule has 1 aromatic carbocycles. The van der Waals surface area contributed by atoms with Gasteiger partial charge in [0.25, 0.3) is 6.43 Å². The van der Waals surface area contributed by atoms with Gasteiger partial charge in [-0.3, -0.25) is 4.79 Å². The molecule has 0 fully saturated rings. The summed E-state index contributed by atoms with van der Waals surface area (Å²) in [5.41, 5.74) is 8.74. The van der Waals surface area contributed by atoms with Crippen LogP contribution in [0.1, 0.15) is 17.5 Å². The van der Waals surface area contributed by atoms with Crippen LogP contribution in [-0.4, -0.2) is 25.5 Å². The van der Waals surface area contributed by atoms with E-state index in [1.54, 1.807) is 12.1 Å². The van der Waals surface area contributed by atoms with E-state index in [1.165, 1.54) is 0 Å². The van der Waals surface area contributed by atoms with E-state index in [0.29, 0.717) is 11.4 Å². The summed E-state index contributed by atoms with van der Waals surface area (Å²) in [5, 5.41) is 2.73. The minimum absolute atomic E-state index is 0.0246. The number of carbonyl (C=O) groups is 1. The molecule has 1 amide bonds. The number of aryl methyl sites for hydroxylation is 2. The van der Waals surface area contributed by atoms with E-state index in [0.717, 1.165) is 11.1 Å². The molecule has 0 aliphatic carbocycles. The van der Waals surface area contributed by atoms with Gasteiger partial charge in [0, 0.05) is 11.4 Å². The van der Waals surface area contributed by atoms with Crippen molar-refractivity contribution in [2.75, 3.05) is 24.3 Å². The van der Waals surface area contributed by atoms with Crippen molar-refractivity contribution in [1.82, 2.24) is 0 Å². The predicted molar refractivity (Wildman–Crippen MR) is 70.4 cm³/mol. The molecule has 0 atom stereocenters. The van der Waals surface area contributed by atoms with Gasteiger partial charge in [0.2, 0.25) is 5.91 Å². The first kappa shape index (κ1) is 15.4. The zero-order chi connectivity index (χ0) is 14.4. The molecule has 0 spiro atoms. The van der Waals surface area contributed by atoms with Gasteiger partial charge in [0.1, 0.15) is 6.61 Å². The molecule has 0 unspecified atom stereocenters. The number of nitrogen functional groups attached to an aromatic ring is 1. The number of halogens is 2. The van der Waals surface area contributed by atoms with Gasteiger partial charge >= 0.3 is 0 Å². The third-order valence-corrected chi connectivity index (χ3v) is 2.54. The van der Waals surface area contributed by atoms with E-state index in [9.17, 15) is 13.6 Å². The van der Waals surface area contributed by atoms with Crippen LogP contribution in [0.2, 0.25) is 0 Å². The molecule has 0 aliphatic heterocycles. The maximum absolute atomic E-state index is 11.8. The average Bonchev–Trinajstić information content (AvgIpc) is 2.29. The number of benzene rings is 1. The Morgan fingerprint density at radius 1 is 1.37 bits per heavy atom. The number of alkyl halides is 2. The fourth-order valence-corrected chi connectivity index (χ4v) is 1.73. The standard InChI is InChI=1S/C13H18F2N2O2/c1-8-5-10(16)6-9(2)13(8)17-12(18)3-4-19-7-11(14)15/h5-6,11H,3-4,7,16H2,1-2H3,(H,17,18). The van der Waals surface area contributed by atoms with Gasteiger partial charge < -0.3 is 15.8 Å². The Morgan fingerprint density at radius 2 is 1.95 bits per heavy atom. The number of anilines is 2. The third-order valence-electron chi connectivity index (χ3n) is 2.54. The molecule has 0 heterocycles. The molecule has 1 rings (SSSR count). The van der Waals surface area contributed by atoms with E-state index in [4.69, 9.17) is 5.73 Å². The molecule has 3 N–H and O–H groups in total. The molecular weight excluding hydrogens is 254 g/mol. The van der Waals surface area contributed by atoms with E-state index in [-0.39, 0.29) is 18.9 Å². The van der Waals surface area contributed by atoms with Crippen LogP contribution < -0.4 is 11.1 Å². The summed E-state index contributed by atoms with van der Waals surface area (Å²) in [7, 11) is 0. The summed E-state index contributed by atoms with van der Waals surface area (Å²) in [6, 6.07) is 3.52. The summed E-state index contributed by atoms with van der Waals surface area (Å²) in [6.07, 6.45) is -2.47. The fourth-order valence-electron chi connectivity index (χ4n) is 1.73. The molecule has 4 nitrogen and oxygen atoms in total. The Labute approximate surface area is 110 Å². The molecule has 0 aliphatic rings. The van der Waals surface area contributed by atoms with Gasteiger partial charge in [-0.15, -0.1) is 0 Å². The monoisotopic (exact) mass is 272 g/mol. The first-order valence-electron chi connectivity index (χ1n) is 5.92. The first-order chi connectivity index (χ1) is 8.90. The summed E-state index contributed by atoms with van der Waals surface area (Å²) >= 11 is 0. The second-order valence-corrected chi connectivity index (χ2v) is 4.29. The Hall–Kier alpha value is -1.69. The minimum Gasteiger partial charge on any atom is -0.399 e. The van der Waals surface area contributed by atoms with Crippen LogP contribution in [0.25, 0.3) is 0 Å². The second-order valence-electron chi connectivity index (χ2n) is 4.29. The Kier molecular flexibility index (Phi) is 5.69. The van der Waals surface area contributed by atoms with Gasteiger partial charge in [-0.05, 0) is 37.1 Å². The van der Waals surface area contributed by atoms with E-state index in [2.05, 4.69) is 10.1 Å². The highest BCUT2D eigenvalue weighted by Gasteiger charge is 2.09. The molecule has 0 aromatic heterocycles. The molecule has 19 heavy (non-hydrogen) atoms. The summed E-state index contributed by atoms with van der Waals surface area (Å²) in [5.74, 6) is -0.273. The zero-order valence-electron chi connectivity index (χ0n) is 11.0. The highest BCUT2D eigenvalue weighted by Crippen LogP contribution is 2.23. The topological polar surface area (TPSA) is 64.3 Å². The van der Waals surface area contributed by atoms with Gasteiger partial charge in [-0.2, -0.15) is 0 Å².